The lowest BCUT2D eigenvalue weighted by atomic mass is 9.95. The molecule has 1 aromatic rings. The maximum atomic E-state index is 6.02. The van der Waals surface area contributed by atoms with E-state index < -0.39 is 0 Å². The zero-order valence-corrected chi connectivity index (χ0v) is 12.2. The third kappa shape index (κ3) is 3.93. The van der Waals surface area contributed by atoms with Gasteiger partial charge < -0.3 is 14.8 Å². The predicted octanol–water partition coefficient (Wildman–Crippen LogP) is 2.67. The highest BCUT2D eigenvalue weighted by Gasteiger charge is 2.23. The molecule has 20 heavy (non-hydrogen) atoms. The van der Waals surface area contributed by atoms with Crippen LogP contribution in [0, 0.1) is 0 Å². The van der Waals surface area contributed by atoms with Gasteiger partial charge in [0.1, 0.15) is 11.9 Å². The summed E-state index contributed by atoms with van der Waals surface area (Å²) in [5.41, 5.74) is 1.09. The minimum absolute atomic E-state index is 0.269. The standard InChI is InChI=1S/C16H24N2O2/c1-19-14-3-2-4-15(9-14)20-16-8-7-13(18-11-16)10-17-12-5-6-12/h7-8,11-12,14-15,17H,2-6,9-10H2,1H3. The summed E-state index contributed by atoms with van der Waals surface area (Å²) >= 11 is 0. The molecule has 0 amide bonds. The van der Waals surface area contributed by atoms with E-state index in [0.29, 0.717) is 6.10 Å². The predicted molar refractivity (Wildman–Crippen MR) is 77.8 cm³/mol. The second-order valence-corrected chi connectivity index (χ2v) is 5.90. The summed E-state index contributed by atoms with van der Waals surface area (Å²) in [5.74, 6) is 0.877. The van der Waals surface area contributed by atoms with E-state index in [9.17, 15) is 0 Å². The highest BCUT2D eigenvalue weighted by molar-refractivity contribution is 5.20. The Kier molecular flexibility index (Phi) is 4.53. The summed E-state index contributed by atoms with van der Waals surface area (Å²) in [4.78, 5) is 4.46. The Labute approximate surface area is 120 Å². The second kappa shape index (κ2) is 6.55. The number of hydrogen-bond acceptors (Lipinski definition) is 4. The highest BCUT2D eigenvalue weighted by Crippen LogP contribution is 2.25. The summed E-state index contributed by atoms with van der Waals surface area (Å²) in [7, 11) is 1.79. The van der Waals surface area contributed by atoms with E-state index in [1.54, 1.807) is 7.11 Å². The topological polar surface area (TPSA) is 43.4 Å². The van der Waals surface area contributed by atoms with Crippen LogP contribution in [0.3, 0.4) is 0 Å². The van der Waals surface area contributed by atoms with Gasteiger partial charge >= 0.3 is 0 Å². The number of hydrogen-bond donors (Lipinski definition) is 1. The summed E-state index contributed by atoms with van der Waals surface area (Å²) in [5, 5.41) is 3.47. The molecular formula is C16H24N2O2. The molecule has 1 N–H and O–H groups in total. The van der Waals surface area contributed by atoms with Gasteiger partial charge in [-0.3, -0.25) is 4.98 Å². The molecule has 2 unspecified atom stereocenters. The van der Waals surface area contributed by atoms with E-state index >= 15 is 0 Å². The van der Waals surface area contributed by atoms with Crippen molar-refractivity contribution in [1.82, 2.24) is 10.3 Å². The van der Waals surface area contributed by atoms with E-state index in [1.165, 1.54) is 19.3 Å². The van der Waals surface area contributed by atoms with Crippen LogP contribution in [0.2, 0.25) is 0 Å². The van der Waals surface area contributed by atoms with Crippen molar-refractivity contribution in [3.8, 4) is 5.75 Å². The zero-order chi connectivity index (χ0) is 13.8. The Morgan fingerprint density at radius 2 is 2.05 bits per heavy atom. The van der Waals surface area contributed by atoms with E-state index in [-0.39, 0.29) is 6.10 Å². The van der Waals surface area contributed by atoms with Gasteiger partial charge in [0.15, 0.2) is 0 Å². The molecule has 0 bridgehead atoms. The number of ether oxygens (including phenoxy) is 2. The molecule has 3 rings (SSSR count). The van der Waals surface area contributed by atoms with Crippen molar-refractivity contribution >= 4 is 0 Å². The maximum absolute atomic E-state index is 6.02. The molecule has 110 valence electrons. The quantitative estimate of drug-likeness (QED) is 0.867. The lowest BCUT2D eigenvalue weighted by molar-refractivity contribution is 0.0208. The van der Waals surface area contributed by atoms with Gasteiger partial charge in [0, 0.05) is 26.1 Å². The first kappa shape index (κ1) is 13.8. The van der Waals surface area contributed by atoms with Gasteiger partial charge in [0.25, 0.3) is 0 Å². The van der Waals surface area contributed by atoms with Crippen LogP contribution in [0.25, 0.3) is 0 Å². The van der Waals surface area contributed by atoms with Crippen LogP contribution in [0.15, 0.2) is 18.3 Å². The molecule has 2 aliphatic carbocycles. The van der Waals surface area contributed by atoms with Crippen molar-refractivity contribution in [2.45, 2.75) is 63.3 Å². The second-order valence-electron chi connectivity index (χ2n) is 5.90. The molecular weight excluding hydrogens is 252 g/mol. The maximum Gasteiger partial charge on any atom is 0.138 e. The van der Waals surface area contributed by atoms with Gasteiger partial charge in [-0.15, -0.1) is 0 Å². The number of rotatable bonds is 6. The van der Waals surface area contributed by atoms with Gasteiger partial charge in [-0.2, -0.15) is 0 Å². The first-order chi connectivity index (χ1) is 9.83. The number of methoxy groups -OCH3 is 1. The average molecular weight is 276 g/mol. The minimum Gasteiger partial charge on any atom is -0.489 e. The molecule has 0 spiro atoms. The van der Waals surface area contributed by atoms with E-state index in [1.807, 2.05) is 12.3 Å². The fourth-order valence-electron chi connectivity index (χ4n) is 2.74. The van der Waals surface area contributed by atoms with Gasteiger partial charge in [-0.05, 0) is 44.2 Å². The van der Waals surface area contributed by atoms with Crippen LogP contribution in [-0.4, -0.2) is 30.3 Å². The number of nitrogens with zero attached hydrogens (tertiary/aromatic N) is 1. The van der Waals surface area contributed by atoms with Crippen LogP contribution < -0.4 is 10.1 Å². The molecule has 0 aliphatic heterocycles. The van der Waals surface area contributed by atoms with Gasteiger partial charge in [0.2, 0.25) is 0 Å². The number of aromatic nitrogens is 1. The molecule has 0 radical (unpaired) electrons. The molecule has 2 aliphatic rings. The van der Waals surface area contributed by atoms with E-state index in [4.69, 9.17) is 9.47 Å². The molecule has 1 aromatic heterocycles. The fraction of sp³-hybridized carbons (Fsp3) is 0.688. The van der Waals surface area contributed by atoms with Crippen molar-refractivity contribution in [3.63, 3.8) is 0 Å². The Balaban J connectivity index is 1.49. The van der Waals surface area contributed by atoms with E-state index in [2.05, 4.69) is 16.4 Å². The molecule has 2 fully saturated rings. The fourth-order valence-corrected chi connectivity index (χ4v) is 2.74. The smallest absolute Gasteiger partial charge is 0.138 e. The van der Waals surface area contributed by atoms with Gasteiger partial charge in [-0.25, -0.2) is 0 Å². The van der Waals surface area contributed by atoms with Crippen molar-refractivity contribution in [2.24, 2.45) is 0 Å². The Hall–Kier alpha value is -1.13. The molecule has 2 saturated carbocycles. The van der Waals surface area contributed by atoms with Crippen molar-refractivity contribution in [3.05, 3.63) is 24.0 Å². The van der Waals surface area contributed by atoms with Crippen molar-refractivity contribution in [2.75, 3.05) is 7.11 Å². The van der Waals surface area contributed by atoms with Crippen molar-refractivity contribution < 1.29 is 9.47 Å². The monoisotopic (exact) mass is 276 g/mol. The Bertz CT molecular complexity index is 417. The summed E-state index contributed by atoms with van der Waals surface area (Å²) in [6.45, 7) is 0.861. The van der Waals surface area contributed by atoms with Gasteiger partial charge in [0.05, 0.1) is 18.0 Å². The Morgan fingerprint density at radius 1 is 1.20 bits per heavy atom. The first-order valence-corrected chi connectivity index (χ1v) is 7.71. The summed E-state index contributed by atoms with van der Waals surface area (Å²) in [6, 6.07) is 4.82. The zero-order valence-electron chi connectivity index (χ0n) is 12.2. The van der Waals surface area contributed by atoms with Crippen LogP contribution in [0.5, 0.6) is 5.75 Å². The molecule has 0 aromatic carbocycles. The molecule has 0 saturated heterocycles. The summed E-state index contributed by atoms with van der Waals surface area (Å²) in [6.07, 6.45) is 9.52. The lowest BCUT2D eigenvalue weighted by Crippen LogP contribution is -2.29. The molecule has 4 nitrogen and oxygen atoms in total. The van der Waals surface area contributed by atoms with Crippen LogP contribution in [0.4, 0.5) is 0 Å². The average Bonchev–Trinajstić information content (AvgIpc) is 3.31. The number of pyridine rings is 1. The molecule has 2 atom stereocenters. The van der Waals surface area contributed by atoms with Crippen LogP contribution in [0.1, 0.15) is 44.2 Å². The number of nitrogens with one attached hydrogen (secondary N) is 1. The van der Waals surface area contributed by atoms with Crippen LogP contribution in [-0.2, 0) is 11.3 Å². The SMILES string of the molecule is COC1CCCC(Oc2ccc(CNC3CC3)nc2)C1. The van der Waals surface area contributed by atoms with E-state index in [0.717, 1.165) is 43.3 Å². The Morgan fingerprint density at radius 3 is 2.75 bits per heavy atom. The summed E-state index contributed by atoms with van der Waals surface area (Å²) < 4.78 is 11.5. The largest absolute Gasteiger partial charge is 0.489 e. The van der Waals surface area contributed by atoms with Crippen LogP contribution >= 0.6 is 0 Å². The first-order valence-electron chi connectivity index (χ1n) is 7.71. The normalized spacial score (nSPS) is 26.4. The minimum atomic E-state index is 0.269. The third-order valence-electron chi connectivity index (χ3n) is 4.16. The third-order valence-corrected chi connectivity index (χ3v) is 4.16. The van der Waals surface area contributed by atoms with Crippen molar-refractivity contribution in [1.29, 1.82) is 0 Å². The molecule has 1 heterocycles. The highest BCUT2D eigenvalue weighted by atomic mass is 16.5. The molecule has 4 heteroatoms. The lowest BCUT2D eigenvalue weighted by Gasteiger charge is -2.28. The van der Waals surface area contributed by atoms with Gasteiger partial charge in [-0.1, -0.05) is 0 Å².